The molecular weight excluding hydrogens is 899 g/mol. The van der Waals surface area contributed by atoms with E-state index in [-0.39, 0.29) is 61.7 Å². The molecule has 19 nitrogen and oxygen atoms in total. The second-order valence-electron chi connectivity index (χ2n) is 19.5. The van der Waals surface area contributed by atoms with Crippen LogP contribution >= 0.6 is 0 Å². The van der Waals surface area contributed by atoms with Crippen LogP contribution in [-0.4, -0.2) is 115 Å². The quantitative estimate of drug-likeness (QED) is 0.0168. The van der Waals surface area contributed by atoms with Crippen LogP contribution in [0.15, 0.2) is 36.2 Å². The summed E-state index contributed by atoms with van der Waals surface area (Å²) in [6, 6.07) is 5.98. The fourth-order valence-electron chi connectivity index (χ4n) is 7.20. The van der Waals surface area contributed by atoms with Crippen molar-refractivity contribution in [1.82, 2.24) is 25.9 Å². The molecule has 398 valence electrons. The molecule has 1 saturated carbocycles. The van der Waals surface area contributed by atoms with E-state index >= 15 is 0 Å². The summed E-state index contributed by atoms with van der Waals surface area (Å²) in [7, 11) is 0. The predicted molar refractivity (Wildman–Crippen MR) is 272 cm³/mol. The lowest BCUT2D eigenvalue weighted by Crippen LogP contribution is -2.47. The number of hydrogen-bond donors (Lipinski definition) is 7. The van der Waals surface area contributed by atoms with Crippen molar-refractivity contribution < 1.29 is 47.8 Å². The number of rotatable bonds is 32. The Kier molecular flexibility index (Phi) is 30.1. The number of amides is 6. The lowest BCUT2D eigenvalue weighted by Gasteiger charge is -2.36. The van der Waals surface area contributed by atoms with Crippen molar-refractivity contribution in [2.24, 2.45) is 41.0 Å². The fraction of sp³-hybridized carbons (Fsp3) is 0.706. The van der Waals surface area contributed by atoms with Gasteiger partial charge in [0.15, 0.2) is 0 Å². The molecule has 2 atom stereocenters. The molecule has 1 aliphatic rings. The maximum absolute atomic E-state index is 13.1. The highest BCUT2D eigenvalue weighted by Crippen LogP contribution is 2.30. The molecule has 1 aromatic rings. The molecule has 0 bridgehead atoms. The van der Waals surface area contributed by atoms with Gasteiger partial charge >= 0.3 is 5.97 Å². The molecule has 19 heteroatoms. The Morgan fingerprint density at radius 1 is 0.900 bits per heavy atom. The molecule has 1 aromatic carbocycles. The molecular formula is C51H89N9O10. The average Bonchev–Trinajstić information content (AvgIpc) is 3.32. The highest BCUT2D eigenvalue weighted by molar-refractivity contribution is 5.97. The molecule has 0 radical (unpaired) electrons. The maximum atomic E-state index is 13.1. The zero-order valence-corrected chi connectivity index (χ0v) is 44.0. The van der Waals surface area contributed by atoms with Gasteiger partial charge in [0.2, 0.25) is 35.9 Å². The number of imide groups is 1. The minimum atomic E-state index is -0.854. The van der Waals surface area contributed by atoms with E-state index in [0.717, 1.165) is 18.4 Å². The first kappa shape index (κ1) is 62.9. The second kappa shape index (κ2) is 33.5. The Morgan fingerprint density at radius 2 is 1.54 bits per heavy atom. The number of unbranched alkanes of at least 4 members (excludes halogenated alkanes) is 1. The van der Waals surface area contributed by atoms with Crippen LogP contribution in [0.3, 0.4) is 0 Å². The maximum Gasteiger partial charge on any atom is 0.305 e. The molecule has 6 amide bonds. The zero-order valence-electron chi connectivity index (χ0n) is 44.0. The Hall–Kier alpha value is -5.11. The average molecular weight is 988 g/mol. The van der Waals surface area contributed by atoms with E-state index in [1.807, 2.05) is 48.5 Å². The number of esters is 1. The van der Waals surface area contributed by atoms with Gasteiger partial charge in [-0.1, -0.05) is 53.7 Å². The van der Waals surface area contributed by atoms with E-state index in [1.165, 1.54) is 9.91 Å². The Morgan fingerprint density at radius 3 is 2.14 bits per heavy atom. The number of hydrogen-bond acceptors (Lipinski definition) is 14. The minimum absolute atomic E-state index is 0.0870. The van der Waals surface area contributed by atoms with Crippen LogP contribution in [0.4, 0.5) is 5.69 Å². The first-order valence-electron chi connectivity index (χ1n) is 25.2. The van der Waals surface area contributed by atoms with Crippen molar-refractivity contribution in [3.63, 3.8) is 0 Å². The third kappa shape index (κ3) is 25.7. The van der Waals surface area contributed by atoms with E-state index in [2.05, 4.69) is 35.1 Å². The molecule has 0 aliphatic heterocycles. The van der Waals surface area contributed by atoms with Gasteiger partial charge in [0.05, 0.1) is 17.7 Å². The first-order valence-corrected chi connectivity index (χ1v) is 25.2. The molecule has 10 N–H and O–H groups in total. The minimum Gasteiger partial charge on any atom is -0.461 e. The van der Waals surface area contributed by atoms with Crippen molar-refractivity contribution in [2.45, 2.75) is 164 Å². The molecule has 0 heterocycles. The van der Waals surface area contributed by atoms with Crippen LogP contribution < -0.4 is 38.6 Å². The van der Waals surface area contributed by atoms with Crippen LogP contribution in [0, 0.1) is 23.7 Å². The zero-order chi connectivity index (χ0) is 52.9. The van der Waals surface area contributed by atoms with Gasteiger partial charge in [0, 0.05) is 56.0 Å². The molecule has 0 saturated heterocycles. The summed E-state index contributed by atoms with van der Waals surface area (Å²) in [6.45, 7) is 20.5. The van der Waals surface area contributed by atoms with Crippen LogP contribution in [0.1, 0.15) is 145 Å². The Bertz CT molecular complexity index is 1780. The largest absolute Gasteiger partial charge is 0.461 e. The summed E-state index contributed by atoms with van der Waals surface area (Å²) in [4.78, 5) is 88.5. The number of carbonyl (C=O) groups is 7. The number of carbonyl (C=O) groups excluding carboxylic acids is 7. The molecule has 2 rings (SSSR count). The van der Waals surface area contributed by atoms with Crippen molar-refractivity contribution in [3.05, 3.63) is 41.7 Å². The van der Waals surface area contributed by atoms with Crippen LogP contribution in [0.5, 0.6) is 0 Å². The second-order valence-corrected chi connectivity index (χ2v) is 19.5. The Balaban J connectivity index is 0.0000121. The van der Waals surface area contributed by atoms with Gasteiger partial charge in [-0.3, -0.25) is 38.5 Å². The van der Waals surface area contributed by atoms with Crippen molar-refractivity contribution in [2.75, 3.05) is 51.3 Å². The molecule has 70 heavy (non-hydrogen) atoms. The van der Waals surface area contributed by atoms with Crippen molar-refractivity contribution in [3.8, 4) is 0 Å². The van der Waals surface area contributed by atoms with Crippen LogP contribution in [0.2, 0.25) is 0 Å². The van der Waals surface area contributed by atoms with Gasteiger partial charge in [-0.25, -0.2) is 5.84 Å². The van der Waals surface area contributed by atoms with Gasteiger partial charge in [-0.15, -0.1) is 0 Å². The summed E-state index contributed by atoms with van der Waals surface area (Å²) < 4.78 is 16.7. The third-order valence-corrected chi connectivity index (χ3v) is 12.5. The van der Waals surface area contributed by atoms with Crippen LogP contribution in [-0.2, 0) is 54.4 Å². The number of nitrogens with two attached hydrogens (primary N) is 3. The number of nitrogens with zero attached hydrogens (tertiary/aromatic N) is 2. The smallest absolute Gasteiger partial charge is 0.305 e. The number of hydrazine groups is 1. The highest BCUT2D eigenvalue weighted by Gasteiger charge is 2.30. The fourth-order valence-corrected chi connectivity index (χ4v) is 7.20. The number of nitrogens with one attached hydrogen (secondary N) is 4. The molecule has 1 aliphatic carbocycles. The summed E-state index contributed by atoms with van der Waals surface area (Å²) >= 11 is 0. The molecule has 1 fully saturated rings. The summed E-state index contributed by atoms with van der Waals surface area (Å²) in [6.07, 6.45) is 8.36. The van der Waals surface area contributed by atoms with Gasteiger partial charge in [-0.2, -0.15) is 0 Å². The number of benzene rings is 1. The monoisotopic (exact) mass is 988 g/mol. The standard InChI is InChI=1S/C49H83N9O10.C2H6/c1-9-45(63)67-30-37-15-19-40(20-16-37)55-47(65)41(12-10-11-23-50)56-43(61)32-66-31-42(60)53-24-21-49(7,8)68-25-22-48(5,6)58(52)29-39(51)27-54-46(64)38-17-13-36(14-18-38)28-57(33-59)44(62)26-35(4)34(2)3;1-2/h15-16,19-20,29,33-36,38,41H,9-14,17-18,21-28,30-32,50-52H2,1-8H3,(H,53,60)(H,54,64)(H,55,65)(H,56,61);1-2H3/b39-29-;. The summed E-state index contributed by atoms with van der Waals surface area (Å²) in [5.74, 6) is 5.02. The molecule has 2 unspecified atom stereocenters. The van der Waals surface area contributed by atoms with E-state index in [0.29, 0.717) is 101 Å². The first-order chi connectivity index (χ1) is 33.1. The topological polar surface area (TPSA) is 280 Å². The van der Waals surface area contributed by atoms with E-state index in [1.54, 1.807) is 37.4 Å². The highest BCUT2D eigenvalue weighted by atomic mass is 16.5. The van der Waals surface area contributed by atoms with Gasteiger partial charge in [0.1, 0.15) is 25.9 Å². The Labute approximate surface area is 417 Å². The third-order valence-electron chi connectivity index (χ3n) is 12.5. The lowest BCUT2D eigenvalue weighted by atomic mass is 9.81. The van der Waals surface area contributed by atoms with E-state index in [9.17, 15) is 33.6 Å². The predicted octanol–water partition coefficient (Wildman–Crippen LogP) is 4.77. The van der Waals surface area contributed by atoms with E-state index in [4.69, 9.17) is 31.5 Å². The van der Waals surface area contributed by atoms with Gasteiger partial charge in [0.25, 0.3) is 0 Å². The lowest BCUT2D eigenvalue weighted by molar-refractivity contribution is -0.144. The summed E-state index contributed by atoms with van der Waals surface area (Å²) in [5, 5.41) is 12.7. The molecule has 0 spiro atoms. The van der Waals surface area contributed by atoms with E-state index < -0.39 is 41.5 Å². The number of anilines is 1. The molecule has 0 aromatic heterocycles. The van der Waals surface area contributed by atoms with Crippen LogP contribution in [0.25, 0.3) is 0 Å². The summed E-state index contributed by atoms with van der Waals surface area (Å²) in [5.41, 5.74) is 12.4. The van der Waals surface area contributed by atoms with Gasteiger partial charge < -0.3 is 52.0 Å². The SMILES string of the molecule is CC.CCC(=O)OCc1ccc(NC(=O)C(CCCCN)NC(=O)COCC(=O)NCCC(C)(C)OCCC(C)(C)N(N)/C=C(\N)CNC(=O)C2CCC(CN(C=O)C(=O)CC(C)C(C)C)CC2)cc1. The van der Waals surface area contributed by atoms with Crippen molar-refractivity contribution in [1.29, 1.82) is 0 Å². The number of ether oxygens (including phenoxy) is 3. The normalized spacial score (nSPS) is 15.9. The van der Waals surface area contributed by atoms with Gasteiger partial charge in [-0.05, 0) is 127 Å². The van der Waals surface area contributed by atoms with Crippen molar-refractivity contribution >= 4 is 47.6 Å².